The van der Waals surface area contributed by atoms with Gasteiger partial charge in [0.25, 0.3) is 5.56 Å². The van der Waals surface area contributed by atoms with E-state index in [4.69, 9.17) is 0 Å². The number of carbonyl (C=O) groups is 1. The third-order valence-electron chi connectivity index (χ3n) is 3.19. The number of carbonyl (C=O) groups excluding carboxylic acids is 1. The van der Waals surface area contributed by atoms with Crippen LogP contribution in [-0.4, -0.2) is 31.7 Å². The van der Waals surface area contributed by atoms with E-state index in [2.05, 4.69) is 10.3 Å². The monoisotopic (exact) mass is 269 g/mol. The van der Waals surface area contributed by atoms with Gasteiger partial charge in [-0.25, -0.2) is 4.79 Å². The Morgan fingerprint density at radius 3 is 2.42 bits per heavy atom. The van der Waals surface area contributed by atoms with Crippen molar-refractivity contribution in [2.45, 2.75) is 45.4 Å². The van der Waals surface area contributed by atoms with Gasteiger partial charge in [0.15, 0.2) is 0 Å². The maximum absolute atomic E-state index is 11.8. The molecule has 0 fully saturated rings. The third-order valence-corrected chi connectivity index (χ3v) is 3.19. The summed E-state index contributed by atoms with van der Waals surface area (Å²) in [6, 6.07) is 1.16. The first-order chi connectivity index (χ1) is 8.53. The number of hydrogen-bond acceptors (Lipinski definition) is 4. The highest BCUT2D eigenvalue weighted by atomic mass is 16.3. The number of amides is 1. The van der Waals surface area contributed by atoms with E-state index in [0.29, 0.717) is 0 Å². The molecule has 0 bridgehead atoms. The molecule has 19 heavy (non-hydrogen) atoms. The van der Waals surface area contributed by atoms with E-state index >= 15 is 0 Å². The van der Waals surface area contributed by atoms with E-state index in [0.717, 1.165) is 10.6 Å². The van der Waals surface area contributed by atoms with Gasteiger partial charge in [-0.05, 0) is 27.7 Å². The van der Waals surface area contributed by atoms with E-state index in [1.807, 2.05) is 0 Å². The van der Waals surface area contributed by atoms with Crippen LogP contribution in [0.4, 0.5) is 0 Å². The summed E-state index contributed by atoms with van der Waals surface area (Å²) >= 11 is 0. The number of hydrogen-bond donors (Lipinski definition) is 3. The first kappa shape index (κ1) is 15.2. The second kappa shape index (κ2) is 5.00. The summed E-state index contributed by atoms with van der Waals surface area (Å²) in [4.78, 5) is 36.2. The molecule has 0 unspecified atom stereocenters. The number of rotatable bonds is 4. The minimum atomic E-state index is -1.11. The topological polar surface area (TPSA) is 104 Å². The van der Waals surface area contributed by atoms with Crippen molar-refractivity contribution in [3.05, 3.63) is 33.1 Å². The number of aromatic nitrogens is 2. The van der Waals surface area contributed by atoms with Gasteiger partial charge in [0.1, 0.15) is 6.54 Å². The number of aliphatic hydroxyl groups is 1. The van der Waals surface area contributed by atoms with Gasteiger partial charge < -0.3 is 10.4 Å². The molecule has 106 valence electrons. The Hall–Kier alpha value is -1.89. The molecule has 1 rings (SSSR count). The summed E-state index contributed by atoms with van der Waals surface area (Å²) in [5.74, 6) is -0.429. The molecule has 7 heteroatoms. The highest BCUT2D eigenvalue weighted by Crippen LogP contribution is 2.20. The largest absolute Gasteiger partial charge is 0.388 e. The summed E-state index contributed by atoms with van der Waals surface area (Å²) in [6.07, 6.45) is 1.25. The van der Waals surface area contributed by atoms with Gasteiger partial charge in [-0.2, -0.15) is 0 Å². The average molecular weight is 269 g/mol. The van der Waals surface area contributed by atoms with Gasteiger partial charge in [0.2, 0.25) is 5.91 Å². The lowest BCUT2D eigenvalue weighted by atomic mass is 9.86. The minimum absolute atomic E-state index is 0.227. The van der Waals surface area contributed by atoms with Crippen LogP contribution in [0.3, 0.4) is 0 Å². The lowest BCUT2D eigenvalue weighted by Gasteiger charge is -2.38. The Bertz CT molecular complexity index is 578. The van der Waals surface area contributed by atoms with Gasteiger partial charge in [-0.3, -0.25) is 19.1 Å². The SMILES string of the molecule is CC(C)(O)C(C)(C)NC(=O)Cn1ccc(=O)[nH]c1=O. The van der Waals surface area contributed by atoms with Crippen LogP contribution in [0.5, 0.6) is 0 Å². The van der Waals surface area contributed by atoms with Crippen LogP contribution in [0.2, 0.25) is 0 Å². The molecule has 3 N–H and O–H groups in total. The predicted octanol–water partition coefficient (Wildman–Crippen LogP) is -0.798. The fraction of sp³-hybridized carbons (Fsp3) is 0.583. The zero-order valence-electron chi connectivity index (χ0n) is 11.5. The Morgan fingerprint density at radius 2 is 1.95 bits per heavy atom. The summed E-state index contributed by atoms with van der Waals surface area (Å²) in [5, 5.41) is 12.6. The molecular weight excluding hydrogens is 250 g/mol. The molecule has 0 spiro atoms. The van der Waals surface area contributed by atoms with Crippen LogP contribution >= 0.6 is 0 Å². The quantitative estimate of drug-likeness (QED) is 0.665. The number of nitrogens with one attached hydrogen (secondary N) is 2. The molecule has 1 heterocycles. The summed E-state index contributed by atoms with van der Waals surface area (Å²) in [7, 11) is 0. The van der Waals surface area contributed by atoms with E-state index in [9.17, 15) is 19.5 Å². The number of nitrogens with zero attached hydrogens (tertiary/aromatic N) is 1. The van der Waals surface area contributed by atoms with Crippen molar-refractivity contribution in [1.82, 2.24) is 14.9 Å². The smallest absolute Gasteiger partial charge is 0.328 e. The third kappa shape index (κ3) is 3.78. The number of H-pyrrole nitrogens is 1. The van der Waals surface area contributed by atoms with Gasteiger partial charge >= 0.3 is 5.69 Å². The molecule has 1 aromatic heterocycles. The molecule has 1 aromatic rings. The molecular formula is C12H19N3O4. The summed E-state index contributed by atoms with van der Waals surface area (Å²) in [6.45, 7) is 6.30. The Morgan fingerprint density at radius 1 is 1.37 bits per heavy atom. The second-order valence-corrected chi connectivity index (χ2v) is 5.47. The summed E-state index contributed by atoms with van der Waals surface area (Å²) < 4.78 is 1.08. The maximum atomic E-state index is 11.8. The summed E-state index contributed by atoms with van der Waals surface area (Å²) in [5.41, 5.74) is -3.13. The molecule has 0 aromatic carbocycles. The van der Waals surface area contributed by atoms with Crippen LogP contribution in [0.1, 0.15) is 27.7 Å². The van der Waals surface area contributed by atoms with Gasteiger partial charge in [0, 0.05) is 12.3 Å². The van der Waals surface area contributed by atoms with Crippen LogP contribution in [0.15, 0.2) is 21.9 Å². The van der Waals surface area contributed by atoms with Crippen LogP contribution < -0.4 is 16.6 Å². The van der Waals surface area contributed by atoms with E-state index < -0.39 is 28.3 Å². The predicted molar refractivity (Wildman–Crippen MR) is 69.8 cm³/mol. The second-order valence-electron chi connectivity index (χ2n) is 5.47. The lowest BCUT2D eigenvalue weighted by molar-refractivity contribution is -0.126. The lowest BCUT2D eigenvalue weighted by Crippen LogP contribution is -2.58. The normalized spacial score (nSPS) is 12.3. The maximum Gasteiger partial charge on any atom is 0.328 e. The first-order valence-electron chi connectivity index (χ1n) is 5.86. The van der Waals surface area contributed by atoms with Crippen LogP contribution in [0, 0.1) is 0 Å². The van der Waals surface area contributed by atoms with Crippen molar-refractivity contribution >= 4 is 5.91 Å². The molecule has 7 nitrogen and oxygen atoms in total. The molecule has 0 aliphatic heterocycles. The Balaban J connectivity index is 2.82. The Kier molecular flexibility index (Phi) is 4.00. The van der Waals surface area contributed by atoms with E-state index in [1.54, 1.807) is 27.7 Å². The molecule has 0 aliphatic carbocycles. The van der Waals surface area contributed by atoms with Crippen molar-refractivity contribution in [3.8, 4) is 0 Å². The first-order valence-corrected chi connectivity index (χ1v) is 5.86. The fourth-order valence-corrected chi connectivity index (χ4v) is 1.26. The van der Waals surface area contributed by atoms with Crippen molar-refractivity contribution < 1.29 is 9.90 Å². The van der Waals surface area contributed by atoms with Crippen LogP contribution in [-0.2, 0) is 11.3 Å². The van der Waals surface area contributed by atoms with E-state index in [-0.39, 0.29) is 6.54 Å². The molecule has 0 saturated carbocycles. The molecule has 1 amide bonds. The van der Waals surface area contributed by atoms with Crippen molar-refractivity contribution in [1.29, 1.82) is 0 Å². The zero-order chi connectivity index (χ0) is 14.8. The van der Waals surface area contributed by atoms with Crippen molar-refractivity contribution in [2.24, 2.45) is 0 Å². The number of aromatic amines is 1. The fourth-order valence-electron chi connectivity index (χ4n) is 1.26. The van der Waals surface area contributed by atoms with Crippen LogP contribution in [0.25, 0.3) is 0 Å². The molecule has 0 atom stereocenters. The van der Waals surface area contributed by atoms with Crippen molar-refractivity contribution in [2.75, 3.05) is 0 Å². The van der Waals surface area contributed by atoms with Crippen molar-refractivity contribution in [3.63, 3.8) is 0 Å². The van der Waals surface area contributed by atoms with Gasteiger partial charge in [-0.1, -0.05) is 0 Å². The Labute approximate surface area is 110 Å². The zero-order valence-corrected chi connectivity index (χ0v) is 11.5. The highest BCUT2D eigenvalue weighted by molar-refractivity contribution is 5.76. The molecule has 0 radical (unpaired) electrons. The molecule has 0 saturated heterocycles. The average Bonchev–Trinajstić information content (AvgIpc) is 2.19. The molecule has 0 aliphatic rings. The van der Waals surface area contributed by atoms with E-state index in [1.165, 1.54) is 6.20 Å². The highest BCUT2D eigenvalue weighted by Gasteiger charge is 2.36. The van der Waals surface area contributed by atoms with Gasteiger partial charge in [0.05, 0.1) is 11.1 Å². The van der Waals surface area contributed by atoms with Gasteiger partial charge in [-0.15, -0.1) is 0 Å². The minimum Gasteiger partial charge on any atom is -0.388 e. The standard InChI is InChI=1S/C12H19N3O4/c1-11(2,12(3,4)19)14-9(17)7-15-6-5-8(16)13-10(15)18/h5-6,19H,7H2,1-4H3,(H,14,17)(H,13,16,18).